The summed E-state index contributed by atoms with van der Waals surface area (Å²) in [6, 6.07) is 12.6. The molecule has 112 valence electrons. The molecule has 0 saturated carbocycles. The smallest absolute Gasteiger partial charge is 0.126 e. The topological polar surface area (TPSA) is 20.2 Å². The lowest BCUT2D eigenvalue weighted by molar-refractivity contribution is 0.474. The number of rotatable bonds is 3. The molecular weight excluding hydrogens is 295 g/mol. The third-order valence-electron chi connectivity index (χ3n) is 3.62. The van der Waals surface area contributed by atoms with Crippen molar-refractivity contribution in [1.29, 1.82) is 0 Å². The van der Waals surface area contributed by atoms with E-state index in [1.54, 1.807) is 0 Å². The molecule has 2 aromatic carbocycles. The highest BCUT2D eigenvalue weighted by molar-refractivity contribution is 7.79. The van der Waals surface area contributed by atoms with Gasteiger partial charge in [0, 0.05) is 11.1 Å². The van der Waals surface area contributed by atoms with Crippen LogP contribution in [0.25, 0.3) is 0 Å². The fourth-order valence-electron chi connectivity index (χ4n) is 2.23. The van der Waals surface area contributed by atoms with E-state index in [0.29, 0.717) is 14.3 Å². The Hall–Kier alpha value is -0.980. The van der Waals surface area contributed by atoms with Crippen molar-refractivity contribution in [2.75, 3.05) is 0 Å². The maximum Gasteiger partial charge on any atom is 0.126 e. The van der Waals surface area contributed by atoms with Crippen LogP contribution in [0, 0.1) is 6.92 Å². The molecule has 0 fully saturated rings. The summed E-state index contributed by atoms with van der Waals surface area (Å²) >= 11 is 4.40. The standard InChI is InChI=1S/C18H23OPS/c1-12-9-14(18(2,3)4)10-16(17(12)19)20-15-8-6-5-7-13(15)11-21/h5-10,19-21H,11H2,1-4H3. The Kier molecular flexibility index (Phi) is 5.01. The van der Waals surface area contributed by atoms with Gasteiger partial charge in [-0.25, -0.2) is 0 Å². The normalized spacial score (nSPS) is 12.2. The van der Waals surface area contributed by atoms with Gasteiger partial charge in [-0.1, -0.05) is 59.7 Å². The van der Waals surface area contributed by atoms with E-state index in [-0.39, 0.29) is 5.41 Å². The lowest BCUT2D eigenvalue weighted by atomic mass is 9.86. The van der Waals surface area contributed by atoms with Crippen LogP contribution in [-0.2, 0) is 11.2 Å². The minimum absolute atomic E-state index is 0.0841. The van der Waals surface area contributed by atoms with E-state index in [1.165, 1.54) is 16.4 Å². The zero-order chi connectivity index (χ0) is 15.6. The number of benzene rings is 2. The van der Waals surface area contributed by atoms with Gasteiger partial charge in [0.05, 0.1) is 0 Å². The number of thiol groups is 1. The Morgan fingerprint density at radius 2 is 1.76 bits per heavy atom. The van der Waals surface area contributed by atoms with Gasteiger partial charge in [0.1, 0.15) is 5.75 Å². The third kappa shape index (κ3) is 3.81. The molecule has 1 atom stereocenters. The summed E-state index contributed by atoms with van der Waals surface area (Å²) in [6.07, 6.45) is 0. The second-order valence-corrected chi connectivity index (χ2v) is 8.02. The van der Waals surface area contributed by atoms with E-state index in [4.69, 9.17) is 0 Å². The van der Waals surface area contributed by atoms with Gasteiger partial charge < -0.3 is 5.11 Å². The fourth-order valence-corrected chi connectivity index (χ4v) is 4.00. The first-order valence-electron chi connectivity index (χ1n) is 7.13. The lowest BCUT2D eigenvalue weighted by Gasteiger charge is -2.22. The summed E-state index contributed by atoms with van der Waals surface area (Å²) in [5.74, 6) is 1.15. The molecule has 0 aliphatic carbocycles. The number of aryl methyl sites for hydroxylation is 1. The molecule has 0 amide bonds. The van der Waals surface area contributed by atoms with Gasteiger partial charge in [0.2, 0.25) is 0 Å². The van der Waals surface area contributed by atoms with Crippen LogP contribution >= 0.6 is 21.2 Å². The molecule has 21 heavy (non-hydrogen) atoms. The van der Waals surface area contributed by atoms with Gasteiger partial charge in [0.15, 0.2) is 0 Å². The predicted molar refractivity (Wildman–Crippen MR) is 98.3 cm³/mol. The predicted octanol–water partition coefficient (Wildman–Crippen LogP) is 4.06. The van der Waals surface area contributed by atoms with Crippen LogP contribution in [-0.4, -0.2) is 5.11 Å². The lowest BCUT2D eigenvalue weighted by Crippen LogP contribution is -2.16. The van der Waals surface area contributed by atoms with Crippen LogP contribution in [0.3, 0.4) is 0 Å². The Morgan fingerprint density at radius 3 is 2.38 bits per heavy atom. The molecule has 0 aliphatic heterocycles. The van der Waals surface area contributed by atoms with Crippen LogP contribution in [0.15, 0.2) is 36.4 Å². The van der Waals surface area contributed by atoms with Crippen molar-refractivity contribution >= 4 is 31.8 Å². The SMILES string of the molecule is Cc1cc(C(C)(C)C)cc(Pc2ccccc2CS)c1O. The molecule has 0 radical (unpaired) electrons. The van der Waals surface area contributed by atoms with Crippen LogP contribution in [0.1, 0.15) is 37.5 Å². The van der Waals surface area contributed by atoms with E-state index in [0.717, 1.165) is 16.6 Å². The van der Waals surface area contributed by atoms with Crippen LogP contribution < -0.4 is 10.6 Å². The molecule has 0 spiro atoms. The van der Waals surface area contributed by atoms with Crippen molar-refractivity contribution in [3.8, 4) is 5.75 Å². The summed E-state index contributed by atoms with van der Waals surface area (Å²) in [4.78, 5) is 0. The van der Waals surface area contributed by atoms with Crippen molar-refractivity contribution < 1.29 is 5.11 Å². The Bertz CT molecular complexity index is 644. The molecule has 0 aliphatic rings. The number of phenols is 1. The molecule has 1 unspecified atom stereocenters. The monoisotopic (exact) mass is 318 g/mol. The number of phenolic OH excluding ortho intramolecular Hbond substituents is 1. The minimum atomic E-state index is 0.0841. The highest BCUT2D eigenvalue weighted by Crippen LogP contribution is 2.30. The van der Waals surface area contributed by atoms with Crippen LogP contribution in [0.4, 0.5) is 0 Å². The zero-order valence-electron chi connectivity index (χ0n) is 13.1. The molecule has 2 rings (SSSR count). The van der Waals surface area contributed by atoms with Gasteiger partial charge >= 0.3 is 0 Å². The van der Waals surface area contributed by atoms with Crippen molar-refractivity contribution in [2.45, 2.75) is 38.9 Å². The fraction of sp³-hybridized carbons (Fsp3) is 0.333. The van der Waals surface area contributed by atoms with Crippen molar-refractivity contribution in [3.63, 3.8) is 0 Å². The summed E-state index contributed by atoms with van der Waals surface area (Å²) < 4.78 is 0. The van der Waals surface area contributed by atoms with Gasteiger partial charge in [-0.2, -0.15) is 12.6 Å². The van der Waals surface area contributed by atoms with E-state index < -0.39 is 0 Å². The highest BCUT2D eigenvalue weighted by atomic mass is 32.1. The number of hydrogen-bond acceptors (Lipinski definition) is 2. The molecule has 0 bridgehead atoms. The van der Waals surface area contributed by atoms with Crippen molar-refractivity contribution in [1.82, 2.24) is 0 Å². The van der Waals surface area contributed by atoms with Crippen LogP contribution in [0.5, 0.6) is 5.75 Å². The van der Waals surface area contributed by atoms with E-state index in [9.17, 15) is 5.11 Å². The van der Waals surface area contributed by atoms with Crippen molar-refractivity contribution in [3.05, 3.63) is 53.1 Å². The second kappa shape index (κ2) is 6.42. The molecule has 2 aromatic rings. The zero-order valence-corrected chi connectivity index (χ0v) is 15.0. The first-order chi connectivity index (χ1) is 9.82. The molecule has 1 N–H and O–H groups in total. The van der Waals surface area contributed by atoms with Gasteiger partial charge in [-0.3, -0.25) is 0 Å². The number of aromatic hydroxyl groups is 1. The Labute approximate surface area is 135 Å². The third-order valence-corrected chi connectivity index (χ3v) is 5.37. The minimum Gasteiger partial charge on any atom is -0.507 e. The Morgan fingerprint density at radius 1 is 1.10 bits per heavy atom. The molecule has 0 saturated heterocycles. The average Bonchev–Trinajstić information content (AvgIpc) is 2.43. The van der Waals surface area contributed by atoms with E-state index in [1.807, 2.05) is 19.1 Å². The molecule has 0 heterocycles. The Balaban J connectivity index is 2.46. The summed E-state index contributed by atoms with van der Waals surface area (Å²) in [6.45, 7) is 8.58. The maximum absolute atomic E-state index is 10.4. The van der Waals surface area contributed by atoms with E-state index in [2.05, 4.69) is 57.7 Å². The van der Waals surface area contributed by atoms with Crippen molar-refractivity contribution in [2.24, 2.45) is 0 Å². The molecular formula is C18H23OPS. The maximum atomic E-state index is 10.4. The largest absolute Gasteiger partial charge is 0.507 e. The molecule has 3 heteroatoms. The summed E-state index contributed by atoms with van der Waals surface area (Å²) in [5.41, 5.74) is 3.54. The first kappa shape index (κ1) is 16.4. The van der Waals surface area contributed by atoms with E-state index >= 15 is 0 Å². The number of hydrogen-bond donors (Lipinski definition) is 2. The first-order valence-corrected chi connectivity index (χ1v) is 8.76. The molecule has 1 nitrogen and oxygen atoms in total. The molecule has 0 aromatic heterocycles. The summed E-state index contributed by atoms with van der Waals surface area (Å²) in [7, 11) is 0.454. The van der Waals surface area contributed by atoms with Gasteiger partial charge in [-0.05, 0) is 40.4 Å². The highest BCUT2D eigenvalue weighted by Gasteiger charge is 2.18. The summed E-state index contributed by atoms with van der Waals surface area (Å²) in [5, 5.41) is 12.7. The average molecular weight is 318 g/mol. The van der Waals surface area contributed by atoms with Crippen LogP contribution in [0.2, 0.25) is 0 Å². The van der Waals surface area contributed by atoms with Gasteiger partial charge in [0.25, 0.3) is 0 Å². The van der Waals surface area contributed by atoms with Gasteiger partial charge in [-0.15, -0.1) is 0 Å². The second-order valence-electron chi connectivity index (χ2n) is 6.38. The quantitative estimate of drug-likeness (QED) is 0.646.